The van der Waals surface area contributed by atoms with Crippen LogP contribution >= 0.6 is 0 Å². The molecule has 26 heavy (non-hydrogen) atoms. The van der Waals surface area contributed by atoms with E-state index in [1.807, 2.05) is 0 Å². The van der Waals surface area contributed by atoms with Crippen molar-refractivity contribution in [1.82, 2.24) is 4.98 Å². The minimum atomic E-state index is -2.36. The lowest BCUT2D eigenvalue weighted by Gasteiger charge is -2.02. The normalized spacial score (nSPS) is 11.6. The Kier molecular flexibility index (Phi) is 4.02. The zero-order chi connectivity index (χ0) is 19.2. The fraction of sp³-hybridized carbons (Fsp3) is 0. The van der Waals surface area contributed by atoms with Crippen LogP contribution in [-0.2, 0) is 0 Å². The predicted molar refractivity (Wildman–Crippen MR) is 77.0 cm³/mol. The number of benzene rings is 2. The average molecular weight is 372 g/mol. The minimum Gasteiger partial charge on any atom is -0.493 e. The Morgan fingerprint density at radius 3 is 2.04 bits per heavy atom. The van der Waals surface area contributed by atoms with E-state index in [2.05, 4.69) is 15.2 Å². The summed E-state index contributed by atoms with van der Waals surface area (Å²) in [6.45, 7) is 0. The molecule has 2 N–H and O–H groups in total. The number of halogens is 5. The number of hydrogen-bond acceptors (Lipinski definition) is 5. The second kappa shape index (κ2) is 6.06. The van der Waals surface area contributed by atoms with Gasteiger partial charge >= 0.3 is 0 Å². The van der Waals surface area contributed by atoms with E-state index in [4.69, 9.17) is 0 Å². The lowest BCUT2D eigenvalue weighted by atomic mass is 10.2. The van der Waals surface area contributed by atoms with Crippen molar-refractivity contribution in [2.75, 3.05) is 0 Å². The van der Waals surface area contributed by atoms with Crippen LogP contribution in [0.15, 0.2) is 28.4 Å². The van der Waals surface area contributed by atoms with Crippen molar-refractivity contribution in [2.45, 2.75) is 0 Å². The van der Waals surface area contributed by atoms with Gasteiger partial charge in [0.15, 0.2) is 34.6 Å². The molecule has 0 aliphatic heterocycles. The van der Waals surface area contributed by atoms with Crippen molar-refractivity contribution >= 4 is 28.0 Å². The minimum absolute atomic E-state index is 0.0516. The number of aromatic amines is 1. The third-order valence-electron chi connectivity index (χ3n) is 3.38. The van der Waals surface area contributed by atoms with E-state index in [1.165, 1.54) is 6.07 Å². The third kappa shape index (κ3) is 2.60. The maximum absolute atomic E-state index is 13.6. The van der Waals surface area contributed by atoms with Gasteiger partial charge < -0.3 is 10.1 Å². The van der Waals surface area contributed by atoms with Gasteiger partial charge in [-0.15, -0.1) is 10.2 Å². The van der Waals surface area contributed by atoms with Crippen molar-refractivity contribution in [3.8, 4) is 5.88 Å². The summed E-state index contributed by atoms with van der Waals surface area (Å²) in [4.78, 5) is 12.4. The first kappa shape index (κ1) is 17.3. The summed E-state index contributed by atoms with van der Waals surface area (Å²) in [5.74, 6) is -11.9. The van der Waals surface area contributed by atoms with Crippen LogP contribution in [0.25, 0.3) is 10.9 Å². The highest BCUT2D eigenvalue weighted by molar-refractivity contribution is 5.95. The number of nitrogens with zero attached hydrogens (tertiary/aromatic N) is 3. The lowest BCUT2D eigenvalue weighted by Crippen LogP contribution is -2.00. The molecule has 3 rings (SSSR count). The number of aromatic nitrogens is 1. The standard InChI is InChI=1S/C14H5F5N4O3/c15-7-8(16)10(18)13(11(19)9(7)17)22-21-12-5-3-4(23(25)26)1-2-6(5)20-14(12)24/h1-3,20,24H. The lowest BCUT2D eigenvalue weighted by molar-refractivity contribution is -0.384. The highest BCUT2D eigenvalue weighted by Gasteiger charge is 2.26. The summed E-state index contributed by atoms with van der Waals surface area (Å²) in [5, 5.41) is 26.8. The van der Waals surface area contributed by atoms with E-state index in [0.29, 0.717) is 0 Å². The van der Waals surface area contributed by atoms with Crippen molar-refractivity contribution in [2.24, 2.45) is 10.2 Å². The monoisotopic (exact) mass is 372 g/mol. The quantitative estimate of drug-likeness (QED) is 0.171. The molecule has 1 aromatic heterocycles. The van der Waals surface area contributed by atoms with Gasteiger partial charge in [-0.3, -0.25) is 10.1 Å². The number of H-pyrrole nitrogens is 1. The summed E-state index contributed by atoms with van der Waals surface area (Å²) in [7, 11) is 0. The van der Waals surface area contributed by atoms with E-state index in [9.17, 15) is 37.2 Å². The Hall–Kier alpha value is -3.57. The van der Waals surface area contributed by atoms with Gasteiger partial charge in [0.25, 0.3) is 5.69 Å². The molecule has 1 heterocycles. The number of nitro groups is 1. The number of nitro benzene ring substituents is 1. The van der Waals surface area contributed by atoms with Crippen LogP contribution in [0.5, 0.6) is 5.88 Å². The Morgan fingerprint density at radius 1 is 0.923 bits per heavy atom. The molecule has 7 nitrogen and oxygen atoms in total. The Bertz CT molecular complexity index is 1070. The van der Waals surface area contributed by atoms with E-state index in [1.54, 1.807) is 0 Å². The largest absolute Gasteiger partial charge is 0.493 e. The number of fused-ring (bicyclic) bond motifs is 1. The molecule has 0 bridgehead atoms. The molecule has 0 saturated heterocycles. The molecule has 0 radical (unpaired) electrons. The van der Waals surface area contributed by atoms with E-state index < -0.39 is 51.3 Å². The molecule has 0 aliphatic carbocycles. The van der Waals surface area contributed by atoms with Gasteiger partial charge in [0.05, 0.1) is 10.4 Å². The number of non-ortho nitro benzene ring substituents is 1. The summed E-state index contributed by atoms with van der Waals surface area (Å²) < 4.78 is 66.5. The van der Waals surface area contributed by atoms with Crippen molar-refractivity contribution in [1.29, 1.82) is 0 Å². The molecule has 0 atom stereocenters. The molecule has 134 valence electrons. The Labute approximate surface area is 139 Å². The van der Waals surface area contributed by atoms with Crippen LogP contribution in [0.2, 0.25) is 0 Å². The maximum Gasteiger partial charge on any atom is 0.270 e. The van der Waals surface area contributed by atoms with Crippen molar-refractivity contribution < 1.29 is 32.0 Å². The van der Waals surface area contributed by atoms with Crippen LogP contribution in [-0.4, -0.2) is 15.0 Å². The van der Waals surface area contributed by atoms with E-state index in [0.717, 1.165) is 12.1 Å². The van der Waals surface area contributed by atoms with E-state index in [-0.39, 0.29) is 16.6 Å². The fourth-order valence-corrected chi connectivity index (χ4v) is 2.15. The van der Waals surface area contributed by atoms with Crippen LogP contribution in [0, 0.1) is 39.2 Å². The van der Waals surface area contributed by atoms with Gasteiger partial charge in [0.1, 0.15) is 0 Å². The average Bonchev–Trinajstić information content (AvgIpc) is 2.92. The molecule has 3 aromatic rings. The highest BCUT2D eigenvalue weighted by atomic mass is 19.2. The smallest absolute Gasteiger partial charge is 0.270 e. The van der Waals surface area contributed by atoms with Crippen molar-refractivity contribution in [3.63, 3.8) is 0 Å². The van der Waals surface area contributed by atoms with Gasteiger partial charge in [-0.2, -0.15) is 0 Å². The molecule has 2 aromatic carbocycles. The van der Waals surface area contributed by atoms with Crippen LogP contribution in [0.4, 0.5) is 39.0 Å². The van der Waals surface area contributed by atoms with Crippen LogP contribution in [0.3, 0.4) is 0 Å². The maximum atomic E-state index is 13.6. The molecular weight excluding hydrogens is 367 g/mol. The zero-order valence-corrected chi connectivity index (χ0v) is 12.2. The van der Waals surface area contributed by atoms with Gasteiger partial charge in [0, 0.05) is 17.5 Å². The SMILES string of the molecule is O=[N+]([O-])c1ccc2[nH]c(O)c(N=Nc3c(F)c(F)c(F)c(F)c3F)c2c1. The zero-order valence-electron chi connectivity index (χ0n) is 12.2. The van der Waals surface area contributed by atoms with Crippen LogP contribution < -0.4 is 0 Å². The highest BCUT2D eigenvalue weighted by Crippen LogP contribution is 2.39. The number of azo groups is 1. The number of aromatic hydroxyl groups is 1. The Morgan fingerprint density at radius 2 is 1.46 bits per heavy atom. The first-order chi connectivity index (χ1) is 12.2. The van der Waals surface area contributed by atoms with Gasteiger partial charge in [-0.25, -0.2) is 22.0 Å². The van der Waals surface area contributed by atoms with Gasteiger partial charge in [-0.1, -0.05) is 0 Å². The topological polar surface area (TPSA) is 104 Å². The molecule has 12 heteroatoms. The fourth-order valence-electron chi connectivity index (χ4n) is 2.15. The number of nitrogens with one attached hydrogen (secondary N) is 1. The van der Waals surface area contributed by atoms with Gasteiger partial charge in [-0.05, 0) is 6.07 Å². The van der Waals surface area contributed by atoms with Crippen LogP contribution in [0.1, 0.15) is 0 Å². The molecule has 0 unspecified atom stereocenters. The first-order valence-corrected chi connectivity index (χ1v) is 6.64. The second-order valence-corrected chi connectivity index (χ2v) is 4.93. The molecular formula is C14H5F5N4O3. The molecule has 0 fully saturated rings. The number of hydrogen-bond donors (Lipinski definition) is 2. The molecule has 0 saturated carbocycles. The number of rotatable bonds is 3. The molecule has 0 amide bonds. The summed E-state index contributed by atoms with van der Waals surface area (Å²) in [6.07, 6.45) is 0. The van der Waals surface area contributed by atoms with Gasteiger partial charge in [0.2, 0.25) is 11.7 Å². The summed E-state index contributed by atoms with van der Waals surface area (Å²) >= 11 is 0. The third-order valence-corrected chi connectivity index (χ3v) is 3.38. The Balaban J connectivity index is 2.17. The molecule has 0 spiro atoms. The molecule has 0 aliphatic rings. The van der Waals surface area contributed by atoms with Crippen molar-refractivity contribution in [3.05, 3.63) is 57.4 Å². The summed E-state index contributed by atoms with van der Waals surface area (Å²) in [6, 6.07) is 3.33. The predicted octanol–water partition coefficient (Wildman–Crippen LogP) is 4.89. The summed E-state index contributed by atoms with van der Waals surface area (Å²) in [5.41, 5.74) is -2.27. The second-order valence-electron chi connectivity index (χ2n) is 4.93. The van der Waals surface area contributed by atoms with E-state index >= 15 is 0 Å². The first-order valence-electron chi connectivity index (χ1n) is 6.64.